The fourth-order valence-electron chi connectivity index (χ4n) is 7.53. The number of hydrogen-bond acceptors (Lipinski definition) is 8. The van der Waals surface area contributed by atoms with E-state index in [1.807, 2.05) is 18.2 Å². The zero-order valence-corrected chi connectivity index (χ0v) is 26.6. The van der Waals surface area contributed by atoms with Gasteiger partial charge in [-0.2, -0.15) is 0 Å². The van der Waals surface area contributed by atoms with Gasteiger partial charge in [-0.25, -0.2) is 4.98 Å². The average molecular weight is 731 g/mol. The first-order valence-corrected chi connectivity index (χ1v) is 16.0. The van der Waals surface area contributed by atoms with Crippen LogP contribution in [0.5, 0.6) is 11.5 Å². The maximum Gasteiger partial charge on any atom is 0.573 e. The number of phenolic OH excluding ortho intramolecular Hbond substituents is 1. The smallest absolute Gasteiger partial charge is 0.508 e. The zero-order chi connectivity index (χ0) is 34.4. The third-order valence-electron chi connectivity index (χ3n) is 9.54. The number of ether oxygens (including phenoxy) is 1. The third kappa shape index (κ3) is 5.02. The van der Waals surface area contributed by atoms with Crippen LogP contribution < -0.4 is 9.64 Å². The van der Waals surface area contributed by atoms with Crippen LogP contribution in [0.15, 0.2) is 105 Å². The van der Waals surface area contributed by atoms with Gasteiger partial charge in [0.2, 0.25) is 17.7 Å². The van der Waals surface area contributed by atoms with E-state index >= 15 is 0 Å². The quantitative estimate of drug-likeness (QED) is 0.134. The van der Waals surface area contributed by atoms with Crippen LogP contribution in [0.3, 0.4) is 0 Å². The number of imide groups is 1. The second kappa shape index (κ2) is 11.1. The molecule has 13 heteroatoms. The highest BCUT2D eigenvalue weighted by molar-refractivity contribution is 9.12. The van der Waals surface area contributed by atoms with Crippen LogP contribution in [0.1, 0.15) is 24.3 Å². The number of carbonyl (C=O) groups excluding carboxylic acids is 4. The molecule has 0 bridgehead atoms. The van der Waals surface area contributed by atoms with Gasteiger partial charge in [0.1, 0.15) is 17.0 Å². The maximum atomic E-state index is 14.2. The van der Waals surface area contributed by atoms with Crippen molar-refractivity contribution in [1.82, 2.24) is 4.98 Å². The molecule has 2 amide bonds. The monoisotopic (exact) mass is 730 g/mol. The van der Waals surface area contributed by atoms with Gasteiger partial charge in [0.05, 0.1) is 22.0 Å². The predicted molar refractivity (Wildman–Crippen MR) is 171 cm³/mol. The number of alkyl halides is 3. The Morgan fingerprint density at radius 1 is 0.959 bits per heavy atom. The van der Waals surface area contributed by atoms with Crippen molar-refractivity contribution in [2.75, 3.05) is 4.90 Å². The van der Waals surface area contributed by atoms with Crippen molar-refractivity contribution in [3.8, 4) is 23.0 Å². The first-order chi connectivity index (χ1) is 23.4. The van der Waals surface area contributed by atoms with E-state index < -0.39 is 64.9 Å². The number of aromatic nitrogens is 1. The number of fused-ring (bicyclic) bond motifs is 4. The lowest BCUT2D eigenvalue weighted by molar-refractivity contribution is -0.274. The summed E-state index contributed by atoms with van der Waals surface area (Å²) in [5.41, 5.74) is 2.66. The van der Waals surface area contributed by atoms with Crippen LogP contribution in [0.4, 0.5) is 18.9 Å². The Bertz CT molecular complexity index is 2200. The van der Waals surface area contributed by atoms with Gasteiger partial charge in [0, 0.05) is 34.3 Å². The summed E-state index contributed by atoms with van der Waals surface area (Å²) in [5, 5.41) is 10.9. The summed E-state index contributed by atoms with van der Waals surface area (Å²) in [6.07, 6.45) is -2.21. The SMILES string of the molecule is O=C1C=C(Br)C(=O)C2=C1[C@@H](c1cc(OC(F)(F)F)ccc1O)C1=CC[C@@H]3C(=O)N(c4ccc(-c5nc6ccccc6o5)cc4)C(=O)[C@@H]3[C@@H]1C2. The molecule has 8 rings (SSSR count). The van der Waals surface area contributed by atoms with Gasteiger partial charge < -0.3 is 14.3 Å². The number of carbonyl (C=O) groups is 4. The molecule has 3 aliphatic carbocycles. The molecule has 2 heterocycles. The van der Waals surface area contributed by atoms with E-state index in [1.165, 1.54) is 0 Å². The molecule has 4 aliphatic rings. The molecule has 0 saturated carbocycles. The third-order valence-corrected chi connectivity index (χ3v) is 10.1. The summed E-state index contributed by atoms with van der Waals surface area (Å²) < 4.78 is 49.4. The lowest BCUT2D eigenvalue weighted by Crippen LogP contribution is -2.39. The lowest BCUT2D eigenvalue weighted by atomic mass is 9.59. The van der Waals surface area contributed by atoms with Crippen molar-refractivity contribution in [3.63, 3.8) is 0 Å². The molecule has 4 atom stereocenters. The molecule has 0 unspecified atom stereocenters. The molecular weight excluding hydrogens is 709 g/mol. The van der Waals surface area contributed by atoms with Crippen LogP contribution in [0, 0.1) is 17.8 Å². The van der Waals surface area contributed by atoms with Crippen molar-refractivity contribution in [2.24, 2.45) is 17.8 Å². The Morgan fingerprint density at radius 3 is 2.45 bits per heavy atom. The minimum Gasteiger partial charge on any atom is -0.508 e. The van der Waals surface area contributed by atoms with Crippen molar-refractivity contribution < 1.29 is 46.6 Å². The Morgan fingerprint density at radius 2 is 1.71 bits per heavy atom. The summed E-state index contributed by atoms with van der Waals surface area (Å²) in [5.74, 6) is -6.41. The maximum absolute atomic E-state index is 14.2. The number of oxazole rings is 1. The van der Waals surface area contributed by atoms with Gasteiger partial charge in [-0.3, -0.25) is 24.1 Å². The van der Waals surface area contributed by atoms with Gasteiger partial charge in [-0.05, 0) is 89.3 Å². The topological polar surface area (TPSA) is 127 Å². The number of phenols is 1. The van der Waals surface area contributed by atoms with Gasteiger partial charge >= 0.3 is 6.36 Å². The second-order valence-corrected chi connectivity index (χ2v) is 13.1. The van der Waals surface area contributed by atoms with E-state index in [1.54, 1.807) is 36.4 Å². The van der Waals surface area contributed by atoms with Crippen LogP contribution in [-0.4, -0.2) is 39.8 Å². The molecule has 0 radical (unpaired) electrons. The molecule has 246 valence electrons. The molecule has 3 aromatic carbocycles. The highest BCUT2D eigenvalue weighted by Crippen LogP contribution is 2.57. The molecule has 0 spiro atoms. The Balaban J connectivity index is 1.17. The first kappa shape index (κ1) is 31.0. The largest absolute Gasteiger partial charge is 0.573 e. The summed E-state index contributed by atoms with van der Waals surface area (Å²) in [6, 6.07) is 16.8. The standard InChI is InChI=1S/C36H22BrF3N2O7/c37-24-15-27(44)31-23(32(24)45)14-21-19(29(31)22-13-18(9-12-26(22)43)49-36(38,39)40)10-11-20-30(21)35(47)42(34(20)46)17-7-5-16(6-8-17)33-41-25-3-1-2-4-28(25)48-33/h1-10,12-13,15,20-21,29-30,43H,11,14H2/t20-,21+,29+,30-/m0/s1. The number of ketones is 2. The summed E-state index contributed by atoms with van der Waals surface area (Å²) in [7, 11) is 0. The Hall–Kier alpha value is -5.30. The second-order valence-electron chi connectivity index (χ2n) is 12.2. The number of para-hydroxylation sites is 2. The van der Waals surface area contributed by atoms with Gasteiger partial charge in [0.25, 0.3) is 0 Å². The van der Waals surface area contributed by atoms with Crippen LogP contribution in [0.2, 0.25) is 0 Å². The molecule has 1 saturated heterocycles. The fourth-order valence-corrected chi connectivity index (χ4v) is 7.97. The van der Waals surface area contributed by atoms with Gasteiger partial charge in [-0.15, -0.1) is 13.2 Å². The van der Waals surface area contributed by atoms with Crippen LogP contribution >= 0.6 is 15.9 Å². The number of Topliss-reactive ketones (excluding diaryl/α,β-unsaturated/α-hetero) is 1. The number of nitrogens with zero attached hydrogens (tertiary/aromatic N) is 2. The van der Waals surface area contributed by atoms with Crippen molar-refractivity contribution in [2.45, 2.75) is 25.1 Å². The number of allylic oxidation sites excluding steroid dienone is 6. The van der Waals surface area contributed by atoms with E-state index in [2.05, 4.69) is 25.7 Å². The molecule has 1 aromatic heterocycles. The minimum atomic E-state index is -5.03. The fraction of sp³-hybridized carbons (Fsp3) is 0.194. The first-order valence-electron chi connectivity index (χ1n) is 15.2. The van der Waals surface area contributed by atoms with Crippen LogP contribution in [0.25, 0.3) is 22.6 Å². The van der Waals surface area contributed by atoms with Gasteiger partial charge in [0.15, 0.2) is 17.1 Å². The minimum absolute atomic E-state index is 0.00276. The van der Waals surface area contributed by atoms with E-state index in [0.717, 1.165) is 29.2 Å². The van der Waals surface area contributed by atoms with E-state index in [4.69, 9.17) is 4.42 Å². The molecule has 1 fully saturated rings. The number of amides is 2. The normalized spacial score (nSPS) is 23.7. The van der Waals surface area contributed by atoms with Crippen molar-refractivity contribution >= 4 is 56.1 Å². The lowest BCUT2D eigenvalue weighted by Gasteiger charge is -2.42. The highest BCUT2D eigenvalue weighted by atomic mass is 79.9. The Labute approximate surface area is 283 Å². The number of aromatic hydroxyl groups is 1. The summed E-state index contributed by atoms with van der Waals surface area (Å²) in [4.78, 5) is 60.6. The summed E-state index contributed by atoms with van der Waals surface area (Å²) in [6.45, 7) is 0. The molecular formula is C36H22BrF3N2O7. The zero-order valence-electron chi connectivity index (χ0n) is 25.0. The van der Waals surface area contributed by atoms with Crippen molar-refractivity contribution in [3.05, 3.63) is 106 Å². The molecule has 1 N–H and O–H groups in total. The van der Waals surface area contributed by atoms with E-state index in [9.17, 15) is 37.5 Å². The number of rotatable bonds is 4. The highest BCUT2D eigenvalue weighted by Gasteiger charge is 2.57. The predicted octanol–water partition coefficient (Wildman–Crippen LogP) is 7.07. The molecule has 49 heavy (non-hydrogen) atoms. The number of halogens is 4. The van der Waals surface area contributed by atoms with Crippen molar-refractivity contribution in [1.29, 1.82) is 0 Å². The number of benzene rings is 3. The molecule has 9 nitrogen and oxygen atoms in total. The van der Waals surface area contributed by atoms with E-state index in [-0.39, 0.29) is 34.0 Å². The molecule has 4 aromatic rings. The van der Waals surface area contributed by atoms with E-state index in [0.29, 0.717) is 33.8 Å². The summed E-state index contributed by atoms with van der Waals surface area (Å²) >= 11 is 3.14. The number of hydrogen-bond donors (Lipinski definition) is 1. The van der Waals surface area contributed by atoms with Crippen LogP contribution in [-0.2, 0) is 19.2 Å². The number of anilines is 1. The average Bonchev–Trinajstić information content (AvgIpc) is 3.61. The Kier molecular flexibility index (Phi) is 7.04. The van der Waals surface area contributed by atoms with Gasteiger partial charge in [-0.1, -0.05) is 23.8 Å². The molecule has 1 aliphatic heterocycles.